The highest BCUT2D eigenvalue weighted by molar-refractivity contribution is 7.00. The molecule has 0 saturated carbocycles. The van der Waals surface area contributed by atoms with Gasteiger partial charge in [-0.05, 0) is 50.3 Å². The third kappa shape index (κ3) is 2.59. The van der Waals surface area contributed by atoms with Crippen LogP contribution in [0.5, 0.6) is 0 Å². The van der Waals surface area contributed by atoms with Gasteiger partial charge in [0.2, 0.25) is 0 Å². The minimum absolute atomic E-state index is 0. The molecule has 2 atom stereocenters. The first-order valence-corrected chi connectivity index (χ1v) is 8.26. The fourth-order valence-electron chi connectivity index (χ4n) is 3.82. The topological polar surface area (TPSA) is 72.1 Å². The van der Waals surface area contributed by atoms with Crippen molar-refractivity contribution in [3.05, 3.63) is 23.8 Å². The minimum Gasteiger partial charge on any atom is -0.333 e. The molecule has 0 aliphatic carbocycles. The van der Waals surface area contributed by atoms with Crippen molar-refractivity contribution >= 4 is 41.1 Å². The number of nitrogens with zero attached hydrogens (tertiary/aromatic N) is 3. The number of nitrogens with two attached hydrogens (primary N) is 1. The van der Waals surface area contributed by atoms with E-state index in [0.29, 0.717) is 12.1 Å². The number of carbonyl (C=O) groups excluding carboxylic acids is 1. The van der Waals surface area contributed by atoms with E-state index < -0.39 is 0 Å². The van der Waals surface area contributed by atoms with Crippen LogP contribution in [0.25, 0.3) is 11.0 Å². The van der Waals surface area contributed by atoms with Gasteiger partial charge in [0.1, 0.15) is 11.0 Å². The van der Waals surface area contributed by atoms with E-state index in [0.717, 1.165) is 42.3 Å². The first kappa shape index (κ1) is 15.6. The van der Waals surface area contributed by atoms with Gasteiger partial charge in [0, 0.05) is 23.7 Å². The lowest BCUT2D eigenvalue weighted by atomic mass is 9.81. The summed E-state index contributed by atoms with van der Waals surface area (Å²) >= 11 is 1.18. The van der Waals surface area contributed by atoms with Crippen LogP contribution >= 0.6 is 24.1 Å². The fraction of sp³-hybridized carbons (Fsp3) is 0.533. The largest absolute Gasteiger partial charge is 0.333 e. The number of halogens is 1. The summed E-state index contributed by atoms with van der Waals surface area (Å²) in [5.74, 6) is 0.131. The van der Waals surface area contributed by atoms with Crippen molar-refractivity contribution in [2.45, 2.75) is 50.2 Å². The smallest absolute Gasteiger partial charge is 0.254 e. The molecule has 2 fully saturated rings. The molecular weight excluding hydrogens is 320 g/mol. The molecule has 118 valence electrons. The second-order valence-corrected chi connectivity index (χ2v) is 6.68. The van der Waals surface area contributed by atoms with Gasteiger partial charge >= 0.3 is 0 Å². The summed E-state index contributed by atoms with van der Waals surface area (Å²) in [5.41, 5.74) is 8.52. The Hall–Kier alpha value is -1.24. The maximum absolute atomic E-state index is 12.9. The molecule has 1 aromatic heterocycles. The Kier molecular flexibility index (Phi) is 4.34. The summed E-state index contributed by atoms with van der Waals surface area (Å²) in [6, 6.07) is 6.49. The summed E-state index contributed by atoms with van der Waals surface area (Å²) in [4.78, 5) is 15.0. The zero-order valence-electron chi connectivity index (χ0n) is 12.1. The summed E-state index contributed by atoms with van der Waals surface area (Å²) in [7, 11) is 0. The molecule has 7 heteroatoms. The van der Waals surface area contributed by atoms with Crippen LogP contribution in [0, 0.1) is 0 Å². The molecule has 3 heterocycles. The maximum atomic E-state index is 12.9. The van der Waals surface area contributed by atoms with Gasteiger partial charge in [0.25, 0.3) is 5.91 Å². The second-order valence-electron chi connectivity index (χ2n) is 6.15. The van der Waals surface area contributed by atoms with Crippen molar-refractivity contribution in [1.82, 2.24) is 13.6 Å². The van der Waals surface area contributed by atoms with Crippen LogP contribution in [0.15, 0.2) is 18.2 Å². The van der Waals surface area contributed by atoms with Crippen LogP contribution in [-0.4, -0.2) is 37.7 Å². The SMILES string of the molecule is Cl.NC1CC2CCCC(C1)N2C(=O)c1ccc2nsnc2c1. The number of piperidine rings is 2. The van der Waals surface area contributed by atoms with Crippen molar-refractivity contribution in [3.63, 3.8) is 0 Å². The van der Waals surface area contributed by atoms with E-state index in [1.807, 2.05) is 18.2 Å². The van der Waals surface area contributed by atoms with E-state index in [2.05, 4.69) is 13.6 Å². The van der Waals surface area contributed by atoms with Crippen molar-refractivity contribution in [2.75, 3.05) is 0 Å². The molecule has 2 bridgehead atoms. The van der Waals surface area contributed by atoms with Gasteiger partial charge in [-0.1, -0.05) is 0 Å². The fourth-order valence-corrected chi connectivity index (χ4v) is 4.34. The Bertz CT molecular complexity index is 677. The Morgan fingerprint density at radius 3 is 2.59 bits per heavy atom. The average Bonchev–Trinajstić information content (AvgIpc) is 2.93. The summed E-state index contributed by atoms with van der Waals surface area (Å²) in [6.45, 7) is 0. The highest BCUT2D eigenvalue weighted by Gasteiger charge is 2.40. The molecule has 0 spiro atoms. The number of rotatable bonds is 1. The minimum atomic E-state index is 0. The molecule has 5 nitrogen and oxygen atoms in total. The van der Waals surface area contributed by atoms with Crippen molar-refractivity contribution in [2.24, 2.45) is 5.73 Å². The molecular formula is C15H19ClN4OS. The monoisotopic (exact) mass is 338 g/mol. The molecule has 2 saturated heterocycles. The normalized spacial score (nSPS) is 27.5. The van der Waals surface area contributed by atoms with Crippen LogP contribution in [0.1, 0.15) is 42.5 Å². The summed E-state index contributed by atoms with van der Waals surface area (Å²) in [6.07, 6.45) is 5.24. The van der Waals surface area contributed by atoms with Crippen LogP contribution < -0.4 is 5.73 Å². The number of amides is 1. The Morgan fingerprint density at radius 2 is 1.86 bits per heavy atom. The van der Waals surface area contributed by atoms with E-state index in [-0.39, 0.29) is 24.4 Å². The zero-order valence-corrected chi connectivity index (χ0v) is 13.8. The summed E-state index contributed by atoms with van der Waals surface area (Å²) in [5, 5.41) is 0. The number of aromatic nitrogens is 2. The van der Waals surface area contributed by atoms with Gasteiger partial charge in [-0.2, -0.15) is 8.75 Å². The highest BCUT2D eigenvalue weighted by atomic mass is 35.5. The van der Waals surface area contributed by atoms with E-state index >= 15 is 0 Å². The van der Waals surface area contributed by atoms with Crippen LogP contribution in [0.3, 0.4) is 0 Å². The standard InChI is InChI=1S/C15H18N4OS.ClH/c16-10-7-11-2-1-3-12(8-10)19(11)15(20)9-4-5-13-14(6-9)18-21-17-13;/h4-6,10-12H,1-3,7-8,16H2;1H. The molecule has 22 heavy (non-hydrogen) atoms. The third-order valence-corrected chi connectivity index (χ3v) is 5.30. The molecule has 1 amide bonds. The molecule has 2 N–H and O–H groups in total. The predicted molar refractivity (Wildman–Crippen MR) is 89.5 cm³/mol. The quantitative estimate of drug-likeness (QED) is 0.867. The lowest BCUT2D eigenvalue weighted by molar-refractivity contribution is 0.0243. The molecule has 2 aromatic rings. The molecule has 2 aliphatic rings. The van der Waals surface area contributed by atoms with E-state index in [1.165, 1.54) is 18.1 Å². The predicted octanol–water partition coefficient (Wildman–Crippen LogP) is 2.60. The number of fused-ring (bicyclic) bond motifs is 3. The Labute approximate surface area is 139 Å². The van der Waals surface area contributed by atoms with Crippen molar-refractivity contribution < 1.29 is 4.79 Å². The second kappa shape index (κ2) is 6.10. The van der Waals surface area contributed by atoms with Gasteiger partial charge < -0.3 is 10.6 Å². The zero-order chi connectivity index (χ0) is 14.4. The van der Waals surface area contributed by atoms with Crippen molar-refractivity contribution in [3.8, 4) is 0 Å². The highest BCUT2D eigenvalue weighted by Crippen LogP contribution is 2.34. The first-order valence-electron chi connectivity index (χ1n) is 7.53. The average molecular weight is 339 g/mol. The van der Waals surface area contributed by atoms with Gasteiger partial charge in [-0.3, -0.25) is 4.79 Å². The molecule has 2 unspecified atom stereocenters. The van der Waals surface area contributed by atoms with Crippen LogP contribution in [-0.2, 0) is 0 Å². The van der Waals surface area contributed by atoms with Gasteiger partial charge in [0.05, 0.1) is 11.7 Å². The van der Waals surface area contributed by atoms with E-state index in [9.17, 15) is 4.79 Å². The first-order chi connectivity index (χ1) is 10.2. The van der Waals surface area contributed by atoms with Crippen molar-refractivity contribution in [1.29, 1.82) is 0 Å². The van der Waals surface area contributed by atoms with E-state index in [1.54, 1.807) is 0 Å². The summed E-state index contributed by atoms with van der Waals surface area (Å²) < 4.78 is 8.42. The number of hydrogen-bond donors (Lipinski definition) is 1. The lowest BCUT2D eigenvalue weighted by Gasteiger charge is -2.48. The number of carbonyl (C=O) groups is 1. The van der Waals surface area contributed by atoms with Crippen LogP contribution in [0.2, 0.25) is 0 Å². The third-order valence-electron chi connectivity index (χ3n) is 4.75. The van der Waals surface area contributed by atoms with Gasteiger partial charge in [-0.25, -0.2) is 0 Å². The molecule has 0 radical (unpaired) electrons. The number of benzene rings is 1. The van der Waals surface area contributed by atoms with Gasteiger partial charge in [-0.15, -0.1) is 12.4 Å². The van der Waals surface area contributed by atoms with Crippen LogP contribution in [0.4, 0.5) is 0 Å². The maximum Gasteiger partial charge on any atom is 0.254 e. The molecule has 1 aromatic carbocycles. The number of hydrogen-bond acceptors (Lipinski definition) is 5. The molecule has 2 aliphatic heterocycles. The Morgan fingerprint density at radius 1 is 1.18 bits per heavy atom. The Balaban J connectivity index is 0.00000144. The molecule has 4 rings (SSSR count). The van der Waals surface area contributed by atoms with E-state index in [4.69, 9.17) is 5.73 Å². The van der Waals surface area contributed by atoms with Gasteiger partial charge in [0.15, 0.2) is 0 Å². The lowest BCUT2D eigenvalue weighted by Crippen LogP contribution is -2.57.